The van der Waals surface area contributed by atoms with Gasteiger partial charge in [0.2, 0.25) is 0 Å². The topological polar surface area (TPSA) is 26.3 Å². The summed E-state index contributed by atoms with van der Waals surface area (Å²) < 4.78 is 5.11. The third-order valence-electron chi connectivity index (χ3n) is 3.36. The first kappa shape index (κ1) is 14.7. The van der Waals surface area contributed by atoms with Gasteiger partial charge in [0.25, 0.3) is 0 Å². The van der Waals surface area contributed by atoms with Gasteiger partial charge in [0.05, 0.1) is 7.11 Å². The van der Waals surface area contributed by atoms with Crippen LogP contribution in [-0.2, 0) is 11.2 Å². The van der Waals surface area contributed by atoms with Crippen LogP contribution in [-0.4, -0.2) is 12.9 Å². The zero-order chi connectivity index (χ0) is 13.4. The predicted molar refractivity (Wildman–Crippen MR) is 75.0 cm³/mol. The highest BCUT2D eigenvalue weighted by molar-refractivity contribution is 5.80. The summed E-state index contributed by atoms with van der Waals surface area (Å²) in [6.07, 6.45) is 4.82. The van der Waals surface area contributed by atoms with Crippen LogP contribution >= 0.6 is 0 Å². The molecule has 0 saturated carbocycles. The summed E-state index contributed by atoms with van der Waals surface area (Å²) in [5.74, 6) is 1.46. The molecule has 0 aliphatic carbocycles. The minimum atomic E-state index is 0.211. The molecular weight excluding hydrogens is 224 g/mol. The van der Waals surface area contributed by atoms with Gasteiger partial charge in [0, 0.05) is 12.3 Å². The molecule has 1 atom stereocenters. The Bertz CT molecular complexity index is 354. The van der Waals surface area contributed by atoms with E-state index < -0.39 is 0 Å². The van der Waals surface area contributed by atoms with Crippen LogP contribution in [0.1, 0.15) is 45.1 Å². The molecule has 0 amide bonds. The molecule has 0 bridgehead atoms. The van der Waals surface area contributed by atoms with Crippen molar-refractivity contribution in [3.05, 3.63) is 29.8 Å². The van der Waals surface area contributed by atoms with Crippen molar-refractivity contribution < 1.29 is 9.53 Å². The summed E-state index contributed by atoms with van der Waals surface area (Å²) in [4.78, 5) is 11.9. The highest BCUT2D eigenvalue weighted by Crippen LogP contribution is 2.15. The van der Waals surface area contributed by atoms with Gasteiger partial charge in [-0.3, -0.25) is 4.79 Å². The molecule has 0 radical (unpaired) electrons. The van der Waals surface area contributed by atoms with E-state index in [-0.39, 0.29) is 5.92 Å². The lowest BCUT2D eigenvalue weighted by molar-refractivity contribution is -0.122. The normalized spacial score (nSPS) is 12.2. The molecule has 2 nitrogen and oxygen atoms in total. The average molecular weight is 248 g/mol. The fourth-order valence-corrected chi connectivity index (χ4v) is 1.98. The SMILES string of the molecule is CCCCC(C)C(=O)CCc1ccc(OC)cc1. The van der Waals surface area contributed by atoms with Crippen LogP contribution in [0.4, 0.5) is 0 Å². The lowest BCUT2D eigenvalue weighted by atomic mass is 9.95. The van der Waals surface area contributed by atoms with Crippen molar-refractivity contribution in [2.75, 3.05) is 7.11 Å². The van der Waals surface area contributed by atoms with Crippen molar-refractivity contribution in [2.24, 2.45) is 5.92 Å². The fraction of sp³-hybridized carbons (Fsp3) is 0.562. The maximum absolute atomic E-state index is 11.9. The highest BCUT2D eigenvalue weighted by atomic mass is 16.5. The standard InChI is InChI=1S/C16H24O2/c1-4-5-6-13(2)16(17)12-9-14-7-10-15(18-3)11-8-14/h7-8,10-11,13H,4-6,9,12H2,1-3H3. The van der Waals surface area contributed by atoms with E-state index in [2.05, 4.69) is 6.92 Å². The lowest BCUT2D eigenvalue weighted by Gasteiger charge is -2.09. The first-order chi connectivity index (χ1) is 8.67. The van der Waals surface area contributed by atoms with E-state index >= 15 is 0 Å². The van der Waals surface area contributed by atoms with Gasteiger partial charge in [-0.1, -0.05) is 38.8 Å². The Morgan fingerprint density at radius 1 is 1.28 bits per heavy atom. The quantitative estimate of drug-likeness (QED) is 0.694. The minimum absolute atomic E-state index is 0.211. The number of hydrogen-bond acceptors (Lipinski definition) is 2. The van der Waals surface area contributed by atoms with Gasteiger partial charge in [-0.15, -0.1) is 0 Å². The molecule has 1 aromatic rings. The summed E-state index contributed by atoms with van der Waals surface area (Å²) >= 11 is 0. The molecule has 0 fully saturated rings. The molecule has 0 saturated heterocycles. The molecule has 1 rings (SSSR count). The van der Waals surface area contributed by atoms with E-state index in [4.69, 9.17) is 4.74 Å². The molecule has 2 heteroatoms. The lowest BCUT2D eigenvalue weighted by Crippen LogP contribution is -2.11. The number of methoxy groups -OCH3 is 1. The van der Waals surface area contributed by atoms with Crippen LogP contribution in [0.2, 0.25) is 0 Å². The first-order valence-electron chi connectivity index (χ1n) is 6.83. The van der Waals surface area contributed by atoms with Crippen LogP contribution in [0.25, 0.3) is 0 Å². The number of carbonyl (C=O) groups excluding carboxylic acids is 1. The number of benzene rings is 1. The average Bonchev–Trinajstić information content (AvgIpc) is 2.42. The molecule has 1 unspecified atom stereocenters. The van der Waals surface area contributed by atoms with Crippen LogP contribution in [0, 0.1) is 5.92 Å². The molecule has 0 aromatic heterocycles. The van der Waals surface area contributed by atoms with Gasteiger partial charge >= 0.3 is 0 Å². The third kappa shape index (κ3) is 4.91. The molecule has 100 valence electrons. The molecule has 0 spiro atoms. The summed E-state index contributed by atoms with van der Waals surface area (Å²) in [6, 6.07) is 7.95. The maximum atomic E-state index is 11.9. The monoisotopic (exact) mass is 248 g/mol. The molecule has 0 N–H and O–H groups in total. The number of ketones is 1. The van der Waals surface area contributed by atoms with E-state index in [0.717, 1.165) is 31.4 Å². The molecule has 0 aliphatic rings. The summed E-state index contributed by atoms with van der Waals surface area (Å²) in [5, 5.41) is 0. The number of Topliss-reactive ketones (excluding diaryl/α,β-unsaturated/α-hetero) is 1. The van der Waals surface area contributed by atoms with Gasteiger partial charge in [0.15, 0.2) is 0 Å². The van der Waals surface area contributed by atoms with Crippen molar-refractivity contribution in [1.82, 2.24) is 0 Å². The number of unbranched alkanes of at least 4 members (excludes halogenated alkanes) is 1. The van der Waals surface area contributed by atoms with Crippen LogP contribution < -0.4 is 4.74 Å². The van der Waals surface area contributed by atoms with Crippen LogP contribution in [0.15, 0.2) is 24.3 Å². The van der Waals surface area contributed by atoms with E-state index in [1.165, 1.54) is 5.56 Å². The van der Waals surface area contributed by atoms with Gasteiger partial charge in [0.1, 0.15) is 11.5 Å². The Kier molecular flexibility index (Phi) is 6.48. The number of carbonyl (C=O) groups is 1. The Hall–Kier alpha value is -1.31. The van der Waals surface area contributed by atoms with Gasteiger partial charge in [-0.2, -0.15) is 0 Å². The zero-order valence-electron chi connectivity index (χ0n) is 11.7. The van der Waals surface area contributed by atoms with E-state index in [9.17, 15) is 4.79 Å². The fourth-order valence-electron chi connectivity index (χ4n) is 1.98. The number of rotatable bonds is 8. The summed E-state index contributed by atoms with van der Waals surface area (Å²) in [5.41, 5.74) is 1.20. The second-order valence-corrected chi connectivity index (χ2v) is 4.86. The van der Waals surface area contributed by atoms with Gasteiger partial charge < -0.3 is 4.74 Å². The molecule has 1 aromatic carbocycles. The van der Waals surface area contributed by atoms with Crippen molar-refractivity contribution in [2.45, 2.75) is 46.0 Å². The Morgan fingerprint density at radius 2 is 1.94 bits per heavy atom. The molecule has 18 heavy (non-hydrogen) atoms. The Balaban J connectivity index is 2.37. The summed E-state index contributed by atoms with van der Waals surface area (Å²) in [7, 11) is 1.66. The summed E-state index contributed by atoms with van der Waals surface area (Å²) in [6.45, 7) is 4.21. The van der Waals surface area contributed by atoms with Crippen LogP contribution in [0.3, 0.4) is 0 Å². The number of hydrogen-bond donors (Lipinski definition) is 0. The van der Waals surface area contributed by atoms with E-state index in [1.807, 2.05) is 31.2 Å². The predicted octanol–water partition coefficient (Wildman–Crippen LogP) is 4.02. The number of ether oxygens (including phenoxy) is 1. The highest BCUT2D eigenvalue weighted by Gasteiger charge is 2.11. The van der Waals surface area contributed by atoms with Gasteiger partial charge in [-0.05, 0) is 30.5 Å². The second kappa shape index (κ2) is 7.91. The zero-order valence-corrected chi connectivity index (χ0v) is 11.7. The maximum Gasteiger partial charge on any atom is 0.136 e. The Labute approximate surface area is 110 Å². The second-order valence-electron chi connectivity index (χ2n) is 4.86. The van der Waals surface area contributed by atoms with Crippen molar-refractivity contribution in [3.8, 4) is 5.75 Å². The molecule has 0 aliphatic heterocycles. The van der Waals surface area contributed by atoms with Gasteiger partial charge in [-0.25, -0.2) is 0 Å². The van der Waals surface area contributed by atoms with Crippen molar-refractivity contribution in [1.29, 1.82) is 0 Å². The van der Waals surface area contributed by atoms with Crippen molar-refractivity contribution in [3.63, 3.8) is 0 Å². The Morgan fingerprint density at radius 3 is 2.50 bits per heavy atom. The van der Waals surface area contributed by atoms with E-state index in [0.29, 0.717) is 12.2 Å². The van der Waals surface area contributed by atoms with E-state index in [1.54, 1.807) is 7.11 Å². The number of aryl methyl sites for hydroxylation is 1. The largest absolute Gasteiger partial charge is 0.497 e. The molecular formula is C16H24O2. The smallest absolute Gasteiger partial charge is 0.136 e. The van der Waals surface area contributed by atoms with Crippen molar-refractivity contribution >= 4 is 5.78 Å². The van der Waals surface area contributed by atoms with Crippen LogP contribution in [0.5, 0.6) is 5.75 Å². The first-order valence-corrected chi connectivity index (χ1v) is 6.83. The minimum Gasteiger partial charge on any atom is -0.497 e. The molecule has 0 heterocycles. The third-order valence-corrected chi connectivity index (χ3v) is 3.36.